The lowest BCUT2D eigenvalue weighted by molar-refractivity contribution is -0.161. The van der Waals surface area contributed by atoms with Crippen molar-refractivity contribution in [3.63, 3.8) is 0 Å². The first-order chi connectivity index (χ1) is 16.4. The van der Waals surface area contributed by atoms with Crippen molar-refractivity contribution in [1.29, 1.82) is 0 Å². The summed E-state index contributed by atoms with van der Waals surface area (Å²) in [6.07, 6.45) is 2.91. The van der Waals surface area contributed by atoms with Gasteiger partial charge in [-0.1, -0.05) is 6.92 Å². The molecule has 8 nitrogen and oxygen atoms in total. The number of aromatic nitrogens is 1. The van der Waals surface area contributed by atoms with Crippen molar-refractivity contribution in [3.8, 4) is 0 Å². The minimum Gasteiger partial charge on any atom is -0.427 e. The molecule has 1 N–H and O–H groups in total. The first-order valence-corrected chi connectivity index (χ1v) is 12.1. The number of benzene rings is 1. The maximum Gasteiger partial charge on any atom is 0.346 e. The molecule has 1 aromatic carbocycles. The summed E-state index contributed by atoms with van der Waals surface area (Å²) in [5.41, 5.74) is 0.236. The predicted octanol–water partition coefficient (Wildman–Crippen LogP) is 3.56. The number of aliphatic hydroxyl groups excluding tert-OH is 1. The van der Waals surface area contributed by atoms with Crippen molar-refractivity contribution in [3.05, 3.63) is 39.4 Å². The number of piperidine rings is 1. The number of pyridine rings is 1. The third kappa shape index (κ3) is 4.66. The molecule has 1 aromatic heterocycles. The maximum atomic E-state index is 15.5. The minimum absolute atomic E-state index is 0.000263. The van der Waals surface area contributed by atoms with Crippen molar-refractivity contribution in [2.75, 3.05) is 24.8 Å². The van der Waals surface area contributed by atoms with Crippen LogP contribution >= 0.6 is 0 Å². The van der Waals surface area contributed by atoms with Gasteiger partial charge in [-0.2, -0.15) is 0 Å². The summed E-state index contributed by atoms with van der Waals surface area (Å²) in [4.78, 5) is 39.9. The van der Waals surface area contributed by atoms with Crippen LogP contribution in [0, 0.1) is 17.2 Å². The first kappa shape index (κ1) is 25.2. The van der Waals surface area contributed by atoms with Crippen LogP contribution in [0.5, 0.6) is 0 Å². The Labute approximate surface area is 203 Å². The Bertz CT molecular complexity index is 1230. The van der Waals surface area contributed by atoms with Gasteiger partial charge < -0.3 is 24.0 Å². The van der Waals surface area contributed by atoms with Crippen LogP contribution in [0.3, 0.4) is 0 Å². The topological polar surface area (TPSA) is 98.1 Å². The summed E-state index contributed by atoms with van der Waals surface area (Å²) in [5.74, 6) is -1.98. The quantitative estimate of drug-likeness (QED) is 0.519. The Morgan fingerprint density at radius 3 is 2.57 bits per heavy atom. The molecule has 0 amide bonds. The first-order valence-electron chi connectivity index (χ1n) is 12.1. The highest BCUT2D eigenvalue weighted by atomic mass is 19.1. The molecule has 3 atom stereocenters. The molecule has 1 fully saturated rings. The lowest BCUT2D eigenvalue weighted by Gasteiger charge is -2.38. The summed E-state index contributed by atoms with van der Waals surface area (Å²) < 4.78 is 27.4. The molecule has 9 heteroatoms. The molecule has 35 heavy (non-hydrogen) atoms. The van der Waals surface area contributed by atoms with Crippen LogP contribution in [0.15, 0.2) is 17.1 Å². The van der Waals surface area contributed by atoms with Gasteiger partial charge in [0.1, 0.15) is 11.4 Å². The summed E-state index contributed by atoms with van der Waals surface area (Å²) in [6, 6.07) is 1.19. The van der Waals surface area contributed by atoms with Gasteiger partial charge in [-0.15, -0.1) is 0 Å². The van der Waals surface area contributed by atoms with Crippen molar-refractivity contribution >= 4 is 28.5 Å². The second kappa shape index (κ2) is 9.26. The molecule has 2 unspecified atom stereocenters. The molecule has 0 aliphatic carbocycles. The van der Waals surface area contributed by atoms with Gasteiger partial charge in [0, 0.05) is 36.3 Å². The Morgan fingerprint density at radius 1 is 1.20 bits per heavy atom. The van der Waals surface area contributed by atoms with Crippen molar-refractivity contribution in [1.82, 2.24) is 4.57 Å². The zero-order valence-electron chi connectivity index (χ0n) is 20.9. The number of hydrogen-bond donors (Lipinski definition) is 1. The van der Waals surface area contributed by atoms with E-state index in [4.69, 9.17) is 9.47 Å². The average molecular weight is 489 g/mol. The number of halogens is 1. The van der Waals surface area contributed by atoms with Gasteiger partial charge in [0.25, 0.3) is 0 Å². The smallest absolute Gasteiger partial charge is 0.346 e. The Morgan fingerprint density at radius 2 is 1.91 bits per heavy atom. The lowest BCUT2D eigenvalue weighted by Crippen LogP contribution is -2.43. The number of esters is 2. The van der Waals surface area contributed by atoms with Crippen LogP contribution in [-0.2, 0) is 20.7 Å². The van der Waals surface area contributed by atoms with E-state index in [1.165, 1.54) is 12.3 Å². The number of rotatable bonds is 4. The molecule has 2 aromatic rings. The standard InChI is InChI=1S/C26H33FN2O6/c1-14-11-28(9-8-20(14)30)22-16-7-6-15(2)29-12-18(23(31)17(21(16)29)10-19(22)27)24(32)34-13-35-25(33)26(3,4)5/h10,12,14-15,20,30H,6-9,11,13H2,1-5H3/t14?,15-,20?/m0/s1. The third-order valence-corrected chi connectivity index (χ3v) is 7.02. The fourth-order valence-electron chi connectivity index (χ4n) is 4.89. The highest BCUT2D eigenvalue weighted by Crippen LogP contribution is 2.39. The molecule has 0 saturated carbocycles. The zero-order valence-corrected chi connectivity index (χ0v) is 20.9. The molecular weight excluding hydrogens is 455 g/mol. The van der Waals surface area contributed by atoms with Gasteiger partial charge in [-0.25, -0.2) is 9.18 Å². The number of aliphatic hydroxyl groups is 1. The van der Waals surface area contributed by atoms with Gasteiger partial charge in [-0.05, 0) is 58.9 Å². The molecule has 2 aliphatic heterocycles. The molecule has 0 spiro atoms. The number of hydrogen-bond acceptors (Lipinski definition) is 7. The fraction of sp³-hybridized carbons (Fsp3) is 0.577. The largest absolute Gasteiger partial charge is 0.427 e. The summed E-state index contributed by atoms with van der Waals surface area (Å²) in [7, 11) is 0. The van der Waals surface area contributed by atoms with Crippen molar-refractivity contribution in [2.45, 2.75) is 66.0 Å². The van der Waals surface area contributed by atoms with Crippen molar-refractivity contribution < 1.29 is 28.6 Å². The van der Waals surface area contributed by atoms with E-state index in [9.17, 15) is 19.5 Å². The van der Waals surface area contributed by atoms with Crippen LogP contribution in [0.1, 0.15) is 69.4 Å². The second-order valence-corrected chi connectivity index (χ2v) is 10.8. The van der Waals surface area contributed by atoms with E-state index in [-0.39, 0.29) is 22.9 Å². The van der Waals surface area contributed by atoms with E-state index in [0.29, 0.717) is 43.6 Å². The van der Waals surface area contributed by atoms with Crippen LogP contribution < -0.4 is 10.3 Å². The van der Waals surface area contributed by atoms with Gasteiger partial charge in [-0.3, -0.25) is 9.59 Å². The average Bonchev–Trinajstić information content (AvgIpc) is 2.78. The Kier molecular flexibility index (Phi) is 6.66. The van der Waals surface area contributed by atoms with E-state index in [1.807, 2.05) is 23.3 Å². The number of anilines is 1. The van der Waals surface area contributed by atoms with Crippen LogP contribution in [0.4, 0.5) is 10.1 Å². The minimum atomic E-state index is -0.926. The molecular formula is C26H33FN2O6. The second-order valence-electron chi connectivity index (χ2n) is 10.8. The molecule has 0 bridgehead atoms. The number of nitrogens with zero attached hydrogens (tertiary/aromatic N) is 2. The van der Waals surface area contributed by atoms with Crippen LogP contribution in [0.2, 0.25) is 0 Å². The molecule has 3 heterocycles. The van der Waals surface area contributed by atoms with E-state index in [1.54, 1.807) is 20.8 Å². The highest BCUT2D eigenvalue weighted by molar-refractivity contribution is 5.96. The van der Waals surface area contributed by atoms with E-state index in [0.717, 1.165) is 5.56 Å². The van der Waals surface area contributed by atoms with Crippen molar-refractivity contribution in [2.24, 2.45) is 11.3 Å². The van der Waals surface area contributed by atoms with Gasteiger partial charge in [0.05, 0.1) is 22.7 Å². The van der Waals surface area contributed by atoms with Crippen LogP contribution in [0.25, 0.3) is 10.9 Å². The molecule has 0 radical (unpaired) electrons. The molecule has 190 valence electrons. The fourth-order valence-corrected chi connectivity index (χ4v) is 4.89. The molecule has 4 rings (SSSR count). The lowest BCUT2D eigenvalue weighted by atomic mass is 9.91. The van der Waals surface area contributed by atoms with Gasteiger partial charge >= 0.3 is 11.9 Å². The van der Waals surface area contributed by atoms with E-state index < -0.39 is 41.5 Å². The molecule has 1 saturated heterocycles. The monoisotopic (exact) mass is 488 g/mol. The van der Waals surface area contributed by atoms with Crippen LogP contribution in [-0.4, -0.2) is 47.6 Å². The Hall–Kier alpha value is -2.94. The predicted molar refractivity (Wildman–Crippen MR) is 129 cm³/mol. The normalized spacial score (nSPS) is 22.3. The number of ether oxygens (including phenoxy) is 2. The molecule has 2 aliphatic rings. The summed E-state index contributed by atoms with van der Waals surface area (Å²) in [5, 5.41) is 10.2. The van der Waals surface area contributed by atoms with Gasteiger partial charge in [0.15, 0.2) is 0 Å². The third-order valence-electron chi connectivity index (χ3n) is 7.02. The summed E-state index contributed by atoms with van der Waals surface area (Å²) >= 11 is 0. The maximum absolute atomic E-state index is 15.5. The Balaban J connectivity index is 1.73. The highest BCUT2D eigenvalue weighted by Gasteiger charge is 2.32. The van der Waals surface area contributed by atoms with E-state index in [2.05, 4.69) is 0 Å². The summed E-state index contributed by atoms with van der Waals surface area (Å²) in [6.45, 7) is 9.38. The number of carbonyl (C=O) groups is 2. The number of carbonyl (C=O) groups excluding carboxylic acids is 2. The van der Waals surface area contributed by atoms with Gasteiger partial charge in [0.2, 0.25) is 12.2 Å². The van der Waals surface area contributed by atoms with E-state index >= 15 is 4.39 Å². The SMILES string of the molecule is CC1CN(c2c(F)cc3c(=O)c(C(=O)OCOC(=O)C(C)(C)C)cn4c3c2CC[C@@H]4C)CCC1O. The number of aryl methyl sites for hydroxylation is 1. The zero-order chi connectivity index (χ0) is 25.7.